The highest BCUT2D eigenvalue weighted by atomic mass is 19.1. The number of aryl methyl sites for hydroxylation is 1. The second-order valence-electron chi connectivity index (χ2n) is 6.86. The average molecular weight is 387 g/mol. The Bertz CT molecular complexity index is 740. The van der Waals surface area contributed by atoms with E-state index in [-0.39, 0.29) is 24.4 Å². The van der Waals surface area contributed by atoms with Crippen LogP contribution >= 0.6 is 0 Å². The van der Waals surface area contributed by atoms with Crippen LogP contribution in [0.15, 0.2) is 48.5 Å². The molecule has 1 amide bonds. The van der Waals surface area contributed by atoms with Gasteiger partial charge in [-0.15, -0.1) is 0 Å². The van der Waals surface area contributed by atoms with Crippen molar-refractivity contribution in [3.63, 3.8) is 0 Å². The fourth-order valence-electron chi connectivity index (χ4n) is 3.05. The van der Waals surface area contributed by atoms with E-state index in [1.165, 1.54) is 12.1 Å². The molecule has 150 valence electrons. The van der Waals surface area contributed by atoms with Crippen molar-refractivity contribution >= 4 is 5.91 Å². The zero-order chi connectivity index (χ0) is 19.8. The quantitative estimate of drug-likeness (QED) is 0.650. The summed E-state index contributed by atoms with van der Waals surface area (Å²) in [6.07, 6.45) is 1.72. The van der Waals surface area contributed by atoms with Gasteiger partial charge in [0.25, 0.3) is 5.91 Å². The van der Waals surface area contributed by atoms with E-state index in [9.17, 15) is 9.18 Å². The van der Waals surface area contributed by atoms with Gasteiger partial charge in [-0.3, -0.25) is 4.79 Å². The van der Waals surface area contributed by atoms with Crippen LogP contribution in [-0.2, 0) is 9.53 Å². The van der Waals surface area contributed by atoms with Crippen LogP contribution in [0.5, 0.6) is 11.5 Å². The summed E-state index contributed by atoms with van der Waals surface area (Å²) < 4.78 is 29.8. The highest BCUT2D eigenvalue weighted by Crippen LogP contribution is 2.16. The van der Waals surface area contributed by atoms with Crippen LogP contribution in [0.3, 0.4) is 0 Å². The van der Waals surface area contributed by atoms with E-state index in [1.807, 2.05) is 36.1 Å². The molecule has 0 aromatic heterocycles. The normalized spacial score (nSPS) is 14.7. The Morgan fingerprint density at radius 3 is 2.25 bits per heavy atom. The molecule has 0 N–H and O–H groups in total. The molecule has 1 fully saturated rings. The summed E-state index contributed by atoms with van der Waals surface area (Å²) in [5, 5.41) is 0. The Labute approximate surface area is 165 Å². The summed E-state index contributed by atoms with van der Waals surface area (Å²) in [6.45, 7) is 4.27. The van der Waals surface area contributed by atoms with E-state index in [0.717, 1.165) is 18.4 Å². The first-order chi connectivity index (χ1) is 13.6. The summed E-state index contributed by atoms with van der Waals surface area (Å²) in [5.41, 5.74) is 1.16. The van der Waals surface area contributed by atoms with Crippen LogP contribution in [-0.4, -0.2) is 49.8 Å². The summed E-state index contributed by atoms with van der Waals surface area (Å²) in [7, 11) is 0. The third-order valence-electron chi connectivity index (χ3n) is 4.70. The number of ether oxygens (including phenoxy) is 3. The molecule has 1 saturated heterocycles. The van der Waals surface area contributed by atoms with Gasteiger partial charge in [0, 0.05) is 13.1 Å². The predicted octanol–water partition coefficient (Wildman–Crippen LogP) is 3.60. The number of piperidine rings is 1. The molecular formula is C22H26FNO4. The van der Waals surface area contributed by atoms with Crippen molar-refractivity contribution in [1.29, 1.82) is 0 Å². The molecule has 3 rings (SSSR count). The third kappa shape index (κ3) is 6.23. The maximum absolute atomic E-state index is 12.8. The van der Waals surface area contributed by atoms with Crippen LogP contribution < -0.4 is 9.47 Å². The van der Waals surface area contributed by atoms with E-state index < -0.39 is 0 Å². The van der Waals surface area contributed by atoms with E-state index in [2.05, 4.69) is 0 Å². The Hall–Kier alpha value is -2.60. The summed E-state index contributed by atoms with van der Waals surface area (Å²) in [4.78, 5) is 14.1. The number of hydrogen-bond acceptors (Lipinski definition) is 4. The fourth-order valence-corrected chi connectivity index (χ4v) is 3.05. The van der Waals surface area contributed by atoms with Crippen molar-refractivity contribution in [2.75, 3.05) is 32.9 Å². The van der Waals surface area contributed by atoms with Gasteiger partial charge in [0.05, 0.1) is 12.7 Å². The third-order valence-corrected chi connectivity index (χ3v) is 4.70. The lowest BCUT2D eigenvalue weighted by Gasteiger charge is -2.31. The van der Waals surface area contributed by atoms with E-state index in [0.29, 0.717) is 37.8 Å². The summed E-state index contributed by atoms with van der Waals surface area (Å²) in [5.74, 6) is 1.05. The number of amides is 1. The maximum Gasteiger partial charge on any atom is 0.260 e. The lowest BCUT2D eigenvalue weighted by atomic mass is 10.1. The molecule has 2 aromatic rings. The monoisotopic (exact) mass is 387 g/mol. The van der Waals surface area contributed by atoms with Gasteiger partial charge < -0.3 is 19.1 Å². The van der Waals surface area contributed by atoms with Crippen LogP contribution in [0, 0.1) is 12.7 Å². The Morgan fingerprint density at radius 1 is 0.964 bits per heavy atom. The molecule has 28 heavy (non-hydrogen) atoms. The minimum Gasteiger partial charge on any atom is -0.491 e. The molecule has 0 radical (unpaired) electrons. The van der Waals surface area contributed by atoms with Crippen molar-refractivity contribution in [3.05, 3.63) is 59.9 Å². The van der Waals surface area contributed by atoms with Gasteiger partial charge in [-0.25, -0.2) is 4.39 Å². The Balaban J connectivity index is 1.29. The Morgan fingerprint density at radius 2 is 1.57 bits per heavy atom. The van der Waals surface area contributed by atoms with Crippen molar-refractivity contribution in [3.8, 4) is 11.5 Å². The maximum atomic E-state index is 12.8. The molecule has 2 aromatic carbocycles. The number of hydrogen-bond donors (Lipinski definition) is 0. The van der Waals surface area contributed by atoms with Gasteiger partial charge in [0.1, 0.15) is 23.9 Å². The second kappa shape index (κ2) is 10.1. The smallest absolute Gasteiger partial charge is 0.260 e. The zero-order valence-corrected chi connectivity index (χ0v) is 16.1. The lowest BCUT2D eigenvalue weighted by molar-refractivity contribution is -0.136. The number of rotatable bonds is 8. The molecule has 5 nitrogen and oxygen atoms in total. The lowest BCUT2D eigenvalue weighted by Crippen LogP contribution is -2.43. The van der Waals surface area contributed by atoms with Crippen LogP contribution in [0.1, 0.15) is 18.4 Å². The standard InChI is InChI=1S/C22H26FNO4/c1-17-2-6-20(7-3-17)28-16-22(25)24-12-10-21(11-13-24)27-15-14-26-19-8-4-18(23)5-9-19/h2-9,21H,10-16H2,1H3. The molecular weight excluding hydrogens is 361 g/mol. The second-order valence-corrected chi connectivity index (χ2v) is 6.86. The van der Waals surface area contributed by atoms with Gasteiger partial charge in [0.15, 0.2) is 6.61 Å². The van der Waals surface area contributed by atoms with Gasteiger partial charge in [-0.1, -0.05) is 17.7 Å². The topological polar surface area (TPSA) is 48.0 Å². The minimum absolute atomic E-state index is 0.00123. The van der Waals surface area contributed by atoms with Gasteiger partial charge >= 0.3 is 0 Å². The number of carbonyl (C=O) groups excluding carboxylic acids is 1. The molecule has 0 bridgehead atoms. The number of nitrogens with zero attached hydrogens (tertiary/aromatic N) is 1. The van der Waals surface area contributed by atoms with Gasteiger partial charge in [-0.05, 0) is 56.2 Å². The number of halogens is 1. The first kappa shape index (κ1) is 20.1. The molecule has 1 heterocycles. The molecule has 0 spiro atoms. The SMILES string of the molecule is Cc1ccc(OCC(=O)N2CCC(OCCOc3ccc(F)cc3)CC2)cc1. The number of likely N-dealkylation sites (tertiary alicyclic amines) is 1. The van der Waals surface area contributed by atoms with Crippen LogP contribution in [0.25, 0.3) is 0 Å². The highest BCUT2D eigenvalue weighted by molar-refractivity contribution is 5.77. The largest absolute Gasteiger partial charge is 0.491 e. The van der Waals surface area contributed by atoms with Gasteiger partial charge in [-0.2, -0.15) is 0 Å². The predicted molar refractivity (Wildman–Crippen MR) is 104 cm³/mol. The van der Waals surface area contributed by atoms with Crippen LogP contribution in [0.4, 0.5) is 4.39 Å². The van der Waals surface area contributed by atoms with E-state index >= 15 is 0 Å². The molecule has 0 saturated carbocycles. The first-order valence-electron chi connectivity index (χ1n) is 9.57. The molecule has 0 aliphatic carbocycles. The van der Waals surface area contributed by atoms with Crippen molar-refractivity contribution in [2.24, 2.45) is 0 Å². The number of carbonyl (C=O) groups is 1. The van der Waals surface area contributed by atoms with Crippen molar-refractivity contribution in [2.45, 2.75) is 25.9 Å². The molecule has 1 aliphatic heterocycles. The summed E-state index contributed by atoms with van der Waals surface area (Å²) in [6, 6.07) is 13.6. The summed E-state index contributed by atoms with van der Waals surface area (Å²) >= 11 is 0. The van der Waals surface area contributed by atoms with E-state index in [4.69, 9.17) is 14.2 Å². The van der Waals surface area contributed by atoms with Gasteiger partial charge in [0.2, 0.25) is 0 Å². The molecule has 0 unspecified atom stereocenters. The van der Waals surface area contributed by atoms with Crippen molar-refractivity contribution in [1.82, 2.24) is 4.90 Å². The fraction of sp³-hybridized carbons (Fsp3) is 0.409. The number of benzene rings is 2. The first-order valence-corrected chi connectivity index (χ1v) is 9.57. The van der Waals surface area contributed by atoms with Crippen LogP contribution in [0.2, 0.25) is 0 Å². The minimum atomic E-state index is -0.283. The molecule has 0 atom stereocenters. The molecule has 1 aliphatic rings. The van der Waals surface area contributed by atoms with E-state index in [1.54, 1.807) is 12.1 Å². The highest BCUT2D eigenvalue weighted by Gasteiger charge is 2.23. The average Bonchev–Trinajstić information content (AvgIpc) is 2.72. The molecule has 6 heteroatoms. The van der Waals surface area contributed by atoms with Crippen molar-refractivity contribution < 1.29 is 23.4 Å². The Kier molecular flexibility index (Phi) is 7.25. The zero-order valence-electron chi connectivity index (χ0n) is 16.1.